The molecule has 4 heteroatoms. The summed E-state index contributed by atoms with van der Waals surface area (Å²) in [6, 6.07) is 2.42. The molecule has 2 radical (unpaired) electrons. The van der Waals surface area contributed by atoms with Gasteiger partial charge in [0.25, 0.3) is 0 Å². The highest BCUT2D eigenvalue weighted by Gasteiger charge is 2.07. The van der Waals surface area contributed by atoms with Crippen LogP contribution in [-0.4, -0.2) is 20.1 Å². The average Bonchev–Trinajstić information content (AvgIpc) is 1.96. The Bertz CT molecular complexity index is 275. The molecular formula is C7H6BFO2. The van der Waals surface area contributed by atoms with Gasteiger partial charge in [-0.05, 0) is 12.1 Å². The van der Waals surface area contributed by atoms with Crippen LogP contribution in [0, 0.1) is 5.82 Å². The van der Waals surface area contributed by atoms with Gasteiger partial charge in [0, 0.05) is 0 Å². The Kier molecular flexibility index (Phi) is 2.03. The molecule has 56 valence electrons. The Morgan fingerprint density at radius 1 is 1.55 bits per heavy atom. The first-order valence-electron chi connectivity index (χ1n) is 2.97. The fourth-order valence-electron chi connectivity index (χ4n) is 0.752. The molecule has 0 heterocycles. The van der Waals surface area contributed by atoms with Crippen molar-refractivity contribution in [1.82, 2.24) is 0 Å². The lowest BCUT2D eigenvalue weighted by Crippen LogP contribution is -2.03. The van der Waals surface area contributed by atoms with E-state index in [-0.39, 0.29) is 11.2 Å². The normalized spacial score (nSPS) is 9.64. The SMILES string of the molecule is [B]c1cc(O)c(F)c(OC)c1. The van der Waals surface area contributed by atoms with Gasteiger partial charge in [-0.25, -0.2) is 0 Å². The highest BCUT2D eigenvalue weighted by atomic mass is 19.1. The van der Waals surface area contributed by atoms with Crippen LogP contribution >= 0.6 is 0 Å². The minimum absolute atomic E-state index is 0.0532. The molecule has 11 heavy (non-hydrogen) atoms. The lowest BCUT2D eigenvalue weighted by atomic mass is 9.96. The van der Waals surface area contributed by atoms with Crippen LogP contribution in [0.4, 0.5) is 4.39 Å². The Balaban J connectivity index is 3.24. The summed E-state index contributed by atoms with van der Waals surface area (Å²) >= 11 is 0. The number of hydrogen-bond donors (Lipinski definition) is 1. The largest absolute Gasteiger partial charge is 0.505 e. The van der Waals surface area contributed by atoms with Crippen LogP contribution in [0.1, 0.15) is 0 Å². The van der Waals surface area contributed by atoms with E-state index in [0.717, 1.165) is 6.07 Å². The molecule has 1 N–H and O–H groups in total. The van der Waals surface area contributed by atoms with E-state index in [0.29, 0.717) is 0 Å². The van der Waals surface area contributed by atoms with Crippen molar-refractivity contribution in [3.05, 3.63) is 17.9 Å². The van der Waals surface area contributed by atoms with E-state index in [1.807, 2.05) is 0 Å². The van der Waals surface area contributed by atoms with Crippen LogP contribution in [0.3, 0.4) is 0 Å². The highest BCUT2D eigenvalue weighted by Crippen LogP contribution is 2.22. The maximum Gasteiger partial charge on any atom is 0.206 e. The van der Waals surface area contributed by atoms with E-state index in [9.17, 15) is 4.39 Å². The second kappa shape index (κ2) is 2.82. The average molecular weight is 152 g/mol. The summed E-state index contributed by atoms with van der Waals surface area (Å²) in [4.78, 5) is 0. The highest BCUT2D eigenvalue weighted by molar-refractivity contribution is 6.32. The molecule has 0 aliphatic rings. The van der Waals surface area contributed by atoms with Crippen LogP contribution in [0.15, 0.2) is 12.1 Å². The molecule has 1 aromatic rings. The second-order valence-electron chi connectivity index (χ2n) is 2.06. The molecule has 0 unspecified atom stereocenters. The molecule has 1 rings (SSSR count). The third kappa shape index (κ3) is 1.45. The fraction of sp³-hybridized carbons (Fsp3) is 0.143. The van der Waals surface area contributed by atoms with Gasteiger partial charge in [0.2, 0.25) is 5.82 Å². The van der Waals surface area contributed by atoms with Gasteiger partial charge in [0.1, 0.15) is 7.85 Å². The first kappa shape index (κ1) is 7.92. The van der Waals surface area contributed by atoms with Crippen molar-refractivity contribution in [2.75, 3.05) is 7.11 Å². The third-order valence-corrected chi connectivity index (χ3v) is 1.26. The number of rotatable bonds is 1. The van der Waals surface area contributed by atoms with Crippen LogP contribution in [-0.2, 0) is 0 Å². The van der Waals surface area contributed by atoms with E-state index in [1.54, 1.807) is 0 Å². The van der Waals surface area contributed by atoms with Gasteiger partial charge in [-0.2, -0.15) is 4.39 Å². The van der Waals surface area contributed by atoms with Crippen LogP contribution in [0.2, 0.25) is 0 Å². The second-order valence-corrected chi connectivity index (χ2v) is 2.06. The molecule has 2 nitrogen and oxygen atoms in total. The molecule has 1 aromatic carbocycles. The predicted molar refractivity (Wildman–Crippen MR) is 40.0 cm³/mol. The Hall–Kier alpha value is -1.19. The van der Waals surface area contributed by atoms with Crippen molar-refractivity contribution < 1.29 is 14.2 Å². The van der Waals surface area contributed by atoms with E-state index < -0.39 is 11.6 Å². The molecule has 0 aliphatic carbocycles. The maximum absolute atomic E-state index is 12.8. The molecule has 0 aromatic heterocycles. The van der Waals surface area contributed by atoms with Crippen molar-refractivity contribution in [3.8, 4) is 11.5 Å². The van der Waals surface area contributed by atoms with Gasteiger partial charge >= 0.3 is 0 Å². The molecule has 0 saturated carbocycles. The molecule has 0 atom stereocenters. The van der Waals surface area contributed by atoms with Crippen LogP contribution in [0.5, 0.6) is 11.5 Å². The van der Waals surface area contributed by atoms with Crippen molar-refractivity contribution in [2.24, 2.45) is 0 Å². The van der Waals surface area contributed by atoms with Gasteiger partial charge in [0.15, 0.2) is 11.5 Å². The number of ether oxygens (including phenoxy) is 1. The zero-order chi connectivity index (χ0) is 8.43. The summed E-state index contributed by atoms with van der Waals surface area (Å²) in [6.45, 7) is 0. The Labute approximate surface area is 65.0 Å². The maximum atomic E-state index is 12.8. The topological polar surface area (TPSA) is 29.5 Å². The van der Waals surface area contributed by atoms with Gasteiger partial charge in [-0.3, -0.25) is 0 Å². The number of halogens is 1. The van der Waals surface area contributed by atoms with Gasteiger partial charge in [-0.15, -0.1) is 0 Å². The molecular weight excluding hydrogens is 146 g/mol. The Morgan fingerprint density at radius 3 is 2.73 bits per heavy atom. The lowest BCUT2D eigenvalue weighted by molar-refractivity contribution is 0.365. The van der Waals surface area contributed by atoms with Crippen molar-refractivity contribution >= 4 is 13.3 Å². The summed E-state index contributed by atoms with van der Waals surface area (Å²) in [5, 5.41) is 8.88. The predicted octanol–water partition coefficient (Wildman–Crippen LogP) is 0.334. The molecule has 0 amide bonds. The van der Waals surface area contributed by atoms with Crippen LogP contribution < -0.4 is 10.2 Å². The first-order chi connectivity index (χ1) is 5.15. The smallest absolute Gasteiger partial charge is 0.206 e. The zero-order valence-corrected chi connectivity index (χ0v) is 5.97. The number of phenolic OH excluding ortho intramolecular Hbond substituents is 1. The first-order valence-corrected chi connectivity index (χ1v) is 2.97. The van der Waals surface area contributed by atoms with E-state index in [2.05, 4.69) is 4.74 Å². The van der Waals surface area contributed by atoms with Crippen molar-refractivity contribution in [1.29, 1.82) is 0 Å². The summed E-state index contributed by atoms with van der Waals surface area (Å²) in [5.74, 6) is -1.34. The molecule has 0 bridgehead atoms. The standard InChI is InChI=1S/C7H6BFO2/c1-11-6-3-4(8)2-5(10)7(6)9/h2-3,10H,1H3. The number of methoxy groups -OCH3 is 1. The summed E-state index contributed by atoms with van der Waals surface area (Å²) in [5.41, 5.74) is 0.265. The van der Waals surface area contributed by atoms with Gasteiger partial charge in [-0.1, -0.05) is 5.46 Å². The van der Waals surface area contributed by atoms with E-state index in [1.165, 1.54) is 13.2 Å². The molecule has 0 saturated heterocycles. The summed E-state index contributed by atoms with van der Waals surface area (Å²) in [6.07, 6.45) is 0. The summed E-state index contributed by atoms with van der Waals surface area (Å²) in [7, 11) is 6.60. The molecule has 0 aliphatic heterocycles. The van der Waals surface area contributed by atoms with E-state index >= 15 is 0 Å². The number of phenols is 1. The van der Waals surface area contributed by atoms with Gasteiger partial charge < -0.3 is 9.84 Å². The lowest BCUT2D eigenvalue weighted by Gasteiger charge is -2.04. The number of aromatic hydroxyl groups is 1. The minimum atomic E-state index is -0.790. The van der Waals surface area contributed by atoms with Crippen molar-refractivity contribution in [3.63, 3.8) is 0 Å². The third-order valence-electron chi connectivity index (χ3n) is 1.26. The fourth-order valence-corrected chi connectivity index (χ4v) is 0.752. The monoisotopic (exact) mass is 152 g/mol. The summed E-state index contributed by atoms with van der Waals surface area (Å²) < 4.78 is 17.3. The zero-order valence-electron chi connectivity index (χ0n) is 5.97. The molecule has 0 fully saturated rings. The van der Waals surface area contributed by atoms with Crippen molar-refractivity contribution in [2.45, 2.75) is 0 Å². The van der Waals surface area contributed by atoms with Gasteiger partial charge in [0.05, 0.1) is 7.11 Å². The van der Waals surface area contributed by atoms with Crippen LogP contribution in [0.25, 0.3) is 0 Å². The quantitative estimate of drug-likeness (QED) is 0.587. The minimum Gasteiger partial charge on any atom is -0.505 e. The number of hydrogen-bond acceptors (Lipinski definition) is 2. The van der Waals surface area contributed by atoms with E-state index in [4.69, 9.17) is 13.0 Å². The molecule has 0 spiro atoms. The number of benzene rings is 1. The Morgan fingerprint density at radius 2 is 2.18 bits per heavy atom.